The van der Waals surface area contributed by atoms with Crippen LogP contribution in [0, 0.1) is 5.92 Å². The molecule has 1 amide bonds. The van der Waals surface area contributed by atoms with Gasteiger partial charge in [0.15, 0.2) is 0 Å². The summed E-state index contributed by atoms with van der Waals surface area (Å²) in [7, 11) is 0. The van der Waals surface area contributed by atoms with Crippen LogP contribution in [0.1, 0.15) is 23.3 Å². The van der Waals surface area contributed by atoms with E-state index in [9.17, 15) is 4.79 Å². The number of primary amides is 1. The number of aromatic nitrogens is 1. The summed E-state index contributed by atoms with van der Waals surface area (Å²) in [5.74, 6) is 1.10. The number of anilines is 1. The monoisotopic (exact) mass is 246 g/mol. The van der Waals surface area contributed by atoms with Crippen molar-refractivity contribution in [1.29, 1.82) is 0 Å². The maximum absolute atomic E-state index is 11.1. The van der Waals surface area contributed by atoms with Crippen molar-refractivity contribution in [1.82, 2.24) is 10.3 Å². The fourth-order valence-electron chi connectivity index (χ4n) is 2.97. The average molecular weight is 246 g/mol. The van der Waals surface area contributed by atoms with Crippen LogP contribution < -0.4 is 16.0 Å². The Labute approximate surface area is 106 Å². The molecule has 1 aromatic heterocycles. The van der Waals surface area contributed by atoms with E-state index in [2.05, 4.69) is 15.2 Å². The highest BCUT2D eigenvalue weighted by molar-refractivity contribution is 5.91. The summed E-state index contributed by atoms with van der Waals surface area (Å²) >= 11 is 0. The van der Waals surface area contributed by atoms with Crippen LogP contribution in [0.5, 0.6) is 0 Å². The summed E-state index contributed by atoms with van der Waals surface area (Å²) in [6, 6.07) is 6.02. The summed E-state index contributed by atoms with van der Waals surface area (Å²) in [4.78, 5) is 17.7. The van der Waals surface area contributed by atoms with E-state index in [1.807, 2.05) is 12.1 Å². The first-order valence-electron chi connectivity index (χ1n) is 6.49. The number of amides is 1. The second-order valence-electron chi connectivity index (χ2n) is 5.11. The first-order chi connectivity index (χ1) is 8.74. The molecule has 0 aliphatic carbocycles. The number of carbonyl (C=O) groups is 1. The van der Waals surface area contributed by atoms with Gasteiger partial charge in [0.2, 0.25) is 0 Å². The number of nitrogens with two attached hydrogens (primary N) is 1. The summed E-state index contributed by atoms with van der Waals surface area (Å²) in [5.41, 5.74) is 5.61. The first-order valence-corrected chi connectivity index (χ1v) is 6.49. The zero-order valence-corrected chi connectivity index (χ0v) is 10.3. The van der Waals surface area contributed by atoms with Crippen LogP contribution >= 0.6 is 0 Å². The Hall–Kier alpha value is -1.62. The molecule has 2 aliphatic heterocycles. The Bertz CT molecular complexity index is 448. The molecule has 3 rings (SSSR count). The molecular weight excluding hydrogens is 228 g/mol. The number of rotatable bonds is 2. The zero-order chi connectivity index (χ0) is 12.5. The van der Waals surface area contributed by atoms with Crippen LogP contribution in [-0.4, -0.2) is 36.6 Å². The van der Waals surface area contributed by atoms with Crippen LogP contribution in [-0.2, 0) is 0 Å². The van der Waals surface area contributed by atoms with Gasteiger partial charge in [0.1, 0.15) is 11.5 Å². The van der Waals surface area contributed by atoms with Crippen molar-refractivity contribution in [2.75, 3.05) is 24.5 Å². The third-order valence-electron chi connectivity index (χ3n) is 3.91. The number of nitrogens with one attached hydrogen (secondary N) is 1. The van der Waals surface area contributed by atoms with Crippen LogP contribution in [0.2, 0.25) is 0 Å². The Morgan fingerprint density at radius 2 is 2.33 bits per heavy atom. The number of pyridine rings is 1. The molecule has 5 heteroatoms. The summed E-state index contributed by atoms with van der Waals surface area (Å²) in [6.45, 7) is 3.11. The highest BCUT2D eigenvalue weighted by atomic mass is 16.1. The molecule has 2 fully saturated rings. The number of hydrogen-bond acceptors (Lipinski definition) is 4. The van der Waals surface area contributed by atoms with E-state index in [1.165, 1.54) is 12.8 Å². The van der Waals surface area contributed by atoms with Gasteiger partial charge in [0.25, 0.3) is 5.91 Å². The molecule has 3 heterocycles. The molecular formula is C13H18N4O. The van der Waals surface area contributed by atoms with Gasteiger partial charge >= 0.3 is 0 Å². The molecule has 0 saturated carbocycles. The second-order valence-corrected chi connectivity index (χ2v) is 5.11. The third-order valence-corrected chi connectivity index (χ3v) is 3.91. The predicted molar refractivity (Wildman–Crippen MR) is 69.5 cm³/mol. The maximum Gasteiger partial charge on any atom is 0.267 e. The number of piperidine rings is 1. The fraction of sp³-hybridized carbons (Fsp3) is 0.538. The van der Waals surface area contributed by atoms with Crippen molar-refractivity contribution in [3.63, 3.8) is 0 Å². The van der Waals surface area contributed by atoms with Crippen LogP contribution in [0.25, 0.3) is 0 Å². The van der Waals surface area contributed by atoms with Crippen LogP contribution in [0.3, 0.4) is 0 Å². The van der Waals surface area contributed by atoms with Gasteiger partial charge in [-0.25, -0.2) is 4.98 Å². The van der Waals surface area contributed by atoms with Crippen molar-refractivity contribution in [3.05, 3.63) is 23.9 Å². The van der Waals surface area contributed by atoms with E-state index in [1.54, 1.807) is 6.07 Å². The normalized spacial score (nSPS) is 27.0. The summed E-state index contributed by atoms with van der Waals surface area (Å²) in [6.07, 6.45) is 2.54. The fourth-order valence-corrected chi connectivity index (χ4v) is 2.97. The summed E-state index contributed by atoms with van der Waals surface area (Å²) < 4.78 is 0. The topological polar surface area (TPSA) is 71.2 Å². The first kappa shape index (κ1) is 11.5. The molecule has 2 aliphatic rings. The number of carbonyl (C=O) groups excluding carboxylic acids is 1. The number of hydrogen-bond donors (Lipinski definition) is 2. The van der Waals surface area contributed by atoms with E-state index in [0.717, 1.165) is 25.5 Å². The molecule has 0 aromatic carbocycles. The van der Waals surface area contributed by atoms with Crippen LogP contribution in [0.15, 0.2) is 18.2 Å². The van der Waals surface area contributed by atoms with E-state index >= 15 is 0 Å². The van der Waals surface area contributed by atoms with Gasteiger partial charge in [-0.05, 0) is 37.4 Å². The van der Waals surface area contributed by atoms with Crippen LogP contribution in [0.4, 0.5) is 5.82 Å². The Morgan fingerprint density at radius 3 is 3.11 bits per heavy atom. The predicted octanol–water partition coefficient (Wildman–Crippen LogP) is 0.369. The van der Waals surface area contributed by atoms with Gasteiger partial charge in [-0.3, -0.25) is 4.79 Å². The Morgan fingerprint density at radius 1 is 1.44 bits per heavy atom. The number of nitrogens with zero attached hydrogens (tertiary/aromatic N) is 2. The van der Waals surface area contributed by atoms with E-state index in [-0.39, 0.29) is 0 Å². The second kappa shape index (κ2) is 4.57. The Kier molecular flexibility index (Phi) is 2.91. The van der Waals surface area contributed by atoms with Gasteiger partial charge in [-0.15, -0.1) is 0 Å². The highest BCUT2D eigenvalue weighted by Crippen LogP contribution is 2.27. The molecule has 0 unspecified atom stereocenters. The molecule has 1 aromatic rings. The molecule has 0 spiro atoms. The quantitative estimate of drug-likeness (QED) is 0.791. The molecule has 5 nitrogen and oxygen atoms in total. The minimum atomic E-state index is -0.466. The van der Waals surface area contributed by atoms with Crippen molar-refractivity contribution in [2.45, 2.75) is 18.9 Å². The molecule has 0 bridgehead atoms. The van der Waals surface area contributed by atoms with Gasteiger partial charge in [0.05, 0.1) is 0 Å². The molecule has 2 atom stereocenters. The molecule has 96 valence electrons. The number of fused-ring (bicyclic) bond motifs is 1. The largest absolute Gasteiger partial charge is 0.364 e. The lowest BCUT2D eigenvalue weighted by atomic mass is 9.94. The van der Waals surface area contributed by atoms with E-state index in [4.69, 9.17) is 5.73 Å². The van der Waals surface area contributed by atoms with Gasteiger partial charge in [-0.2, -0.15) is 0 Å². The van der Waals surface area contributed by atoms with Crippen molar-refractivity contribution in [2.24, 2.45) is 11.7 Å². The van der Waals surface area contributed by atoms with E-state index < -0.39 is 5.91 Å². The molecule has 3 N–H and O–H groups in total. The standard InChI is InChI=1S/C13H18N4O/c14-13(18)10-4-1-5-12(16-10)17-7-9-3-2-6-15-11(9)8-17/h1,4-5,9,11,15H,2-3,6-8H2,(H2,14,18)/t9-,11+/m0/s1. The average Bonchev–Trinajstić information content (AvgIpc) is 2.82. The van der Waals surface area contributed by atoms with Crippen molar-refractivity contribution >= 4 is 11.7 Å². The van der Waals surface area contributed by atoms with Crippen molar-refractivity contribution < 1.29 is 4.79 Å². The molecule has 2 saturated heterocycles. The molecule has 0 radical (unpaired) electrons. The minimum Gasteiger partial charge on any atom is -0.364 e. The van der Waals surface area contributed by atoms with Gasteiger partial charge < -0.3 is 16.0 Å². The van der Waals surface area contributed by atoms with Gasteiger partial charge in [-0.1, -0.05) is 6.07 Å². The SMILES string of the molecule is NC(=O)c1cccc(N2C[C@@H]3CCCN[C@@H]3C2)n1. The lowest BCUT2D eigenvalue weighted by Gasteiger charge is -2.24. The zero-order valence-electron chi connectivity index (χ0n) is 10.3. The van der Waals surface area contributed by atoms with Crippen molar-refractivity contribution in [3.8, 4) is 0 Å². The van der Waals surface area contributed by atoms with E-state index in [0.29, 0.717) is 17.7 Å². The highest BCUT2D eigenvalue weighted by Gasteiger charge is 2.34. The smallest absolute Gasteiger partial charge is 0.267 e. The minimum absolute atomic E-state index is 0.343. The van der Waals surface area contributed by atoms with Gasteiger partial charge in [0, 0.05) is 19.1 Å². The lowest BCUT2D eigenvalue weighted by Crippen LogP contribution is -2.40. The summed E-state index contributed by atoms with van der Waals surface area (Å²) in [5, 5.41) is 3.56. The third kappa shape index (κ3) is 2.06. The maximum atomic E-state index is 11.1. The Balaban J connectivity index is 1.79. The lowest BCUT2D eigenvalue weighted by molar-refractivity contribution is 0.0995. The molecule has 18 heavy (non-hydrogen) atoms.